The van der Waals surface area contributed by atoms with Crippen LogP contribution >= 0.6 is 15.6 Å². The van der Waals surface area contributed by atoms with Crippen LogP contribution < -0.4 is 28.6 Å². The summed E-state index contributed by atoms with van der Waals surface area (Å²) >= 11 is 0. The molecular weight excluding hydrogens is 646 g/mol. The summed E-state index contributed by atoms with van der Waals surface area (Å²) in [6.07, 6.45) is 0. The second-order valence-electron chi connectivity index (χ2n) is 12.3. The summed E-state index contributed by atoms with van der Waals surface area (Å²) in [4.78, 5) is 51.4. The van der Waals surface area contributed by atoms with Crippen LogP contribution in [0.5, 0.6) is 11.5 Å². The Kier molecular flexibility index (Phi) is 9.66. The second kappa shape index (κ2) is 13.1. The van der Waals surface area contributed by atoms with Gasteiger partial charge in [-0.05, 0) is 122 Å². The van der Waals surface area contributed by atoms with Gasteiger partial charge in [0.05, 0.1) is 0 Å². The Balaban J connectivity index is 2.31. The molecule has 0 radical (unpaired) electrons. The Morgan fingerprint density at radius 2 is 0.521 bits per heavy atom. The number of hydrogen-bond donors (Lipinski definition) is 0. The summed E-state index contributed by atoms with van der Waals surface area (Å²) in [5, 5.41) is 0. The molecular formula is C38H36O8P2-4. The van der Waals surface area contributed by atoms with Crippen LogP contribution in [-0.2, 0) is 9.13 Å². The van der Waals surface area contributed by atoms with E-state index in [-0.39, 0.29) is 33.8 Å². The molecule has 0 aliphatic carbocycles. The fraction of sp³-hybridized carbons (Fsp3) is 0.211. The highest BCUT2D eigenvalue weighted by atomic mass is 31.2. The Bertz CT molecular complexity index is 1810. The molecule has 0 aliphatic heterocycles. The largest absolute Gasteiger partial charge is 0.780 e. The van der Waals surface area contributed by atoms with E-state index < -0.39 is 15.6 Å². The van der Waals surface area contributed by atoms with Gasteiger partial charge in [0, 0.05) is 22.3 Å². The van der Waals surface area contributed by atoms with Crippen molar-refractivity contribution in [3.8, 4) is 56.0 Å². The van der Waals surface area contributed by atoms with E-state index in [0.717, 1.165) is 0 Å². The highest BCUT2D eigenvalue weighted by molar-refractivity contribution is 7.44. The molecule has 0 saturated carbocycles. The zero-order chi connectivity index (χ0) is 35.3. The maximum Gasteiger partial charge on any atom is 0.141 e. The summed E-state index contributed by atoms with van der Waals surface area (Å²) < 4.78 is 37.0. The average molecular weight is 683 g/mol. The van der Waals surface area contributed by atoms with Crippen molar-refractivity contribution in [3.63, 3.8) is 0 Å². The molecule has 0 aliphatic rings. The van der Waals surface area contributed by atoms with Crippen LogP contribution in [0.2, 0.25) is 0 Å². The first-order chi connectivity index (χ1) is 22.4. The average Bonchev–Trinajstić information content (AvgIpc) is 2.95. The van der Waals surface area contributed by atoms with Gasteiger partial charge in [-0.3, -0.25) is 0 Å². The molecule has 0 aromatic heterocycles. The molecule has 5 aromatic carbocycles. The first-order valence-corrected chi connectivity index (χ1v) is 18.3. The number of rotatable bonds is 8. The molecule has 0 amide bonds. The van der Waals surface area contributed by atoms with Crippen LogP contribution in [-0.4, -0.2) is 0 Å². The number of benzene rings is 5. The number of hydrogen-bond acceptors (Lipinski definition) is 8. The second-order valence-corrected chi connectivity index (χ2v) is 14.5. The van der Waals surface area contributed by atoms with Gasteiger partial charge in [0.2, 0.25) is 0 Å². The van der Waals surface area contributed by atoms with Gasteiger partial charge in [-0.25, -0.2) is 0 Å². The smallest absolute Gasteiger partial charge is 0.141 e. The van der Waals surface area contributed by atoms with Gasteiger partial charge in [0.1, 0.15) is 27.1 Å². The van der Waals surface area contributed by atoms with Gasteiger partial charge in [-0.15, -0.1) is 0 Å². The first-order valence-electron chi connectivity index (χ1n) is 15.3. The summed E-state index contributed by atoms with van der Waals surface area (Å²) in [5.41, 5.74) is 7.93. The lowest BCUT2D eigenvalue weighted by molar-refractivity contribution is -0.335. The SMILES string of the molecule is Cc1cccc(C)c1-c1c(OP(=O)([O-])[O-])c(-c2c(C)cccc2C)c(-c2c(C)cccc2C)c(OP(=O)([O-])[O-])c1-c1c(C)cccc1C. The third kappa shape index (κ3) is 6.79. The zero-order valence-corrected chi connectivity index (χ0v) is 29.9. The van der Waals surface area contributed by atoms with Crippen molar-refractivity contribution in [1.29, 1.82) is 0 Å². The van der Waals surface area contributed by atoms with Gasteiger partial charge in [0.25, 0.3) is 0 Å². The monoisotopic (exact) mass is 682 g/mol. The van der Waals surface area contributed by atoms with Gasteiger partial charge in [-0.1, -0.05) is 72.8 Å². The highest BCUT2D eigenvalue weighted by Crippen LogP contribution is 2.62. The molecule has 0 N–H and O–H groups in total. The van der Waals surface area contributed by atoms with Gasteiger partial charge in [0.15, 0.2) is 0 Å². The van der Waals surface area contributed by atoms with E-state index in [2.05, 4.69) is 0 Å². The molecule has 0 spiro atoms. The van der Waals surface area contributed by atoms with Crippen LogP contribution in [0.15, 0.2) is 72.8 Å². The number of phosphoric acid groups is 2. The minimum atomic E-state index is -5.79. The molecule has 0 fully saturated rings. The van der Waals surface area contributed by atoms with E-state index in [0.29, 0.717) is 66.8 Å². The Morgan fingerprint density at radius 1 is 0.354 bits per heavy atom. The third-order valence-electron chi connectivity index (χ3n) is 8.74. The van der Waals surface area contributed by atoms with E-state index in [1.165, 1.54) is 0 Å². The van der Waals surface area contributed by atoms with E-state index in [9.17, 15) is 28.7 Å². The number of phosphoric ester groups is 2. The van der Waals surface area contributed by atoms with Crippen molar-refractivity contribution in [2.24, 2.45) is 0 Å². The zero-order valence-electron chi connectivity index (χ0n) is 28.1. The van der Waals surface area contributed by atoms with Crippen molar-refractivity contribution >= 4 is 15.6 Å². The Hall–Kier alpha value is -4.00. The fourth-order valence-corrected chi connectivity index (χ4v) is 7.71. The molecule has 10 heteroatoms. The summed E-state index contributed by atoms with van der Waals surface area (Å²) in [7, 11) is -11.6. The van der Waals surface area contributed by atoms with Gasteiger partial charge < -0.3 is 37.8 Å². The summed E-state index contributed by atoms with van der Waals surface area (Å²) in [6.45, 7) is 14.5. The van der Waals surface area contributed by atoms with Crippen LogP contribution in [0.3, 0.4) is 0 Å². The van der Waals surface area contributed by atoms with Crippen LogP contribution in [0.25, 0.3) is 44.5 Å². The molecule has 8 nitrogen and oxygen atoms in total. The van der Waals surface area contributed by atoms with E-state index in [1.54, 1.807) is 0 Å². The molecule has 0 heterocycles. The van der Waals surface area contributed by atoms with Gasteiger partial charge >= 0.3 is 0 Å². The predicted molar refractivity (Wildman–Crippen MR) is 183 cm³/mol. The minimum Gasteiger partial charge on any atom is -0.780 e. The molecule has 250 valence electrons. The minimum absolute atomic E-state index is 0.117. The molecule has 5 aromatic rings. The fourth-order valence-electron chi connectivity index (χ4n) is 6.90. The van der Waals surface area contributed by atoms with E-state index in [1.807, 2.05) is 128 Å². The van der Waals surface area contributed by atoms with Crippen LogP contribution in [0, 0.1) is 55.4 Å². The first kappa shape index (κ1) is 35.3. The van der Waals surface area contributed by atoms with Crippen LogP contribution in [0.4, 0.5) is 0 Å². The summed E-state index contributed by atoms with van der Waals surface area (Å²) in [6, 6.07) is 21.9. The molecule has 5 rings (SSSR count). The molecule has 0 bridgehead atoms. The Morgan fingerprint density at radius 3 is 0.667 bits per heavy atom. The van der Waals surface area contributed by atoms with Crippen molar-refractivity contribution < 1.29 is 37.8 Å². The van der Waals surface area contributed by atoms with Crippen molar-refractivity contribution in [1.82, 2.24) is 0 Å². The maximum atomic E-state index is 12.9. The lowest BCUT2D eigenvalue weighted by Crippen LogP contribution is -2.21. The van der Waals surface area contributed by atoms with Crippen molar-refractivity contribution in [3.05, 3.63) is 117 Å². The predicted octanol–water partition coefficient (Wildman–Crippen LogP) is 7.24. The van der Waals surface area contributed by atoms with E-state index in [4.69, 9.17) is 9.05 Å². The lowest BCUT2D eigenvalue weighted by atomic mass is 9.77. The third-order valence-corrected chi connectivity index (χ3v) is 9.55. The standard InChI is InChI=1S/C38H40O8P2/c1-21-13-9-14-22(2)29(21)33-34(30-23(3)15-10-16-24(30)4)38(46-48(42,43)44)36(32-27(7)19-12-20-28(32)8)35(37(33)45-47(39,40)41)31-25(5)17-11-18-26(31)6/h9-20H,1-8H3,(H2,39,40,41)(H2,42,43,44)/p-4. The van der Waals surface area contributed by atoms with Crippen molar-refractivity contribution in [2.45, 2.75) is 55.4 Å². The lowest BCUT2D eigenvalue weighted by Gasteiger charge is -2.38. The quantitative estimate of drug-likeness (QED) is 0.156. The topological polar surface area (TPSA) is 145 Å². The van der Waals surface area contributed by atoms with E-state index >= 15 is 0 Å². The normalized spacial score (nSPS) is 11.9. The molecule has 0 saturated heterocycles. The number of aryl methyl sites for hydroxylation is 8. The Labute approximate surface area is 281 Å². The maximum absolute atomic E-state index is 12.9. The summed E-state index contributed by atoms with van der Waals surface area (Å²) in [5.74, 6) is -0.570. The molecule has 0 atom stereocenters. The van der Waals surface area contributed by atoms with Crippen LogP contribution in [0.1, 0.15) is 44.5 Å². The molecule has 0 unspecified atom stereocenters. The van der Waals surface area contributed by atoms with Crippen molar-refractivity contribution in [2.75, 3.05) is 0 Å². The molecule has 48 heavy (non-hydrogen) atoms. The highest BCUT2D eigenvalue weighted by Gasteiger charge is 2.34. The van der Waals surface area contributed by atoms with Gasteiger partial charge in [-0.2, -0.15) is 0 Å².